The van der Waals surface area contributed by atoms with Gasteiger partial charge in [0.2, 0.25) is 5.96 Å². The van der Waals surface area contributed by atoms with Crippen LogP contribution in [-0.4, -0.2) is 24.4 Å². The van der Waals surface area contributed by atoms with Crippen LogP contribution in [0.15, 0.2) is 27.3 Å². The predicted molar refractivity (Wildman–Crippen MR) is 54.3 cm³/mol. The molecule has 0 spiro atoms. The smallest absolute Gasteiger partial charge is 0.215 e. The van der Waals surface area contributed by atoms with Crippen LogP contribution in [0.5, 0.6) is 0 Å². The average Bonchev–Trinajstić information content (AvgIpc) is 2.19. The summed E-state index contributed by atoms with van der Waals surface area (Å²) in [5, 5.41) is 0. The maximum atomic E-state index is 5.53. The minimum atomic E-state index is 0.250. The Labute approximate surface area is 77.0 Å². The van der Waals surface area contributed by atoms with E-state index in [1.807, 2.05) is 18.6 Å². The molecule has 2 N–H and O–H groups in total. The number of hydrogen-bond acceptors (Lipinski definition) is 4. The summed E-state index contributed by atoms with van der Waals surface area (Å²) in [6.07, 6.45) is 9.50. The quantitative estimate of drug-likeness (QED) is 0.629. The van der Waals surface area contributed by atoms with Gasteiger partial charge in [-0.1, -0.05) is 6.08 Å². The minimum Gasteiger partial charge on any atom is -0.368 e. The van der Waals surface area contributed by atoms with Gasteiger partial charge in [0.25, 0.3) is 0 Å². The first kappa shape index (κ1) is 8.16. The monoisotopic (exact) mass is 176 g/mol. The van der Waals surface area contributed by atoms with Crippen LogP contribution in [-0.2, 0) is 0 Å². The SMILES string of the molecule is NC1=NC(C2C=CN=CC2)CC=N1. The van der Waals surface area contributed by atoms with E-state index in [2.05, 4.69) is 21.1 Å². The third kappa shape index (κ3) is 1.83. The van der Waals surface area contributed by atoms with Crippen molar-refractivity contribution < 1.29 is 0 Å². The van der Waals surface area contributed by atoms with Crippen molar-refractivity contribution in [2.75, 3.05) is 0 Å². The lowest BCUT2D eigenvalue weighted by Crippen LogP contribution is -2.26. The van der Waals surface area contributed by atoms with Crippen LogP contribution >= 0.6 is 0 Å². The molecule has 2 aliphatic rings. The van der Waals surface area contributed by atoms with E-state index in [0.29, 0.717) is 11.9 Å². The third-order valence-corrected chi connectivity index (χ3v) is 2.27. The van der Waals surface area contributed by atoms with Crippen molar-refractivity contribution in [2.45, 2.75) is 18.9 Å². The van der Waals surface area contributed by atoms with Gasteiger partial charge in [-0.2, -0.15) is 0 Å². The molecular weight excluding hydrogens is 164 g/mol. The van der Waals surface area contributed by atoms with E-state index in [1.54, 1.807) is 0 Å². The summed E-state index contributed by atoms with van der Waals surface area (Å²) in [5.74, 6) is 0.829. The fourth-order valence-corrected chi connectivity index (χ4v) is 1.55. The van der Waals surface area contributed by atoms with Crippen molar-refractivity contribution in [1.82, 2.24) is 0 Å². The maximum absolute atomic E-state index is 5.53. The first-order valence-corrected chi connectivity index (χ1v) is 4.40. The molecule has 0 amide bonds. The Hall–Kier alpha value is -1.45. The number of guanidine groups is 1. The first-order valence-electron chi connectivity index (χ1n) is 4.40. The molecule has 2 heterocycles. The molecule has 0 radical (unpaired) electrons. The number of rotatable bonds is 1. The van der Waals surface area contributed by atoms with Gasteiger partial charge in [0.1, 0.15) is 0 Å². The topological polar surface area (TPSA) is 63.1 Å². The molecule has 13 heavy (non-hydrogen) atoms. The number of hydrogen-bond donors (Lipinski definition) is 1. The normalized spacial score (nSPS) is 31.8. The summed E-state index contributed by atoms with van der Waals surface area (Å²) >= 11 is 0. The van der Waals surface area contributed by atoms with E-state index in [1.165, 1.54) is 0 Å². The van der Waals surface area contributed by atoms with Gasteiger partial charge in [-0.25, -0.2) is 9.98 Å². The Balaban J connectivity index is 2.06. The van der Waals surface area contributed by atoms with Crippen LogP contribution in [0.2, 0.25) is 0 Å². The number of nitrogens with two attached hydrogens (primary N) is 1. The standard InChI is InChI=1S/C9H12N4/c10-9-12-6-3-8(13-9)7-1-4-11-5-2-7/h1,4-8H,2-3H2,(H2,10,13). The second-order valence-electron chi connectivity index (χ2n) is 3.17. The summed E-state index contributed by atoms with van der Waals surface area (Å²) in [6.45, 7) is 0. The molecule has 0 aromatic carbocycles. The van der Waals surface area contributed by atoms with Gasteiger partial charge in [0.05, 0.1) is 6.04 Å². The molecule has 0 fully saturated rings. The van der Waals surface area contributed by atoms with E-state index in [4.69, 9.17) is 5.73 Å². The highest BCUT2D eigenvalue weighted by Gasteiger charge is 2.20. The van der Waals surface area contributed by atoms with Crippen LogP contribution in [0.3, 0.4) is 0 Å². The van der Waals surface area contributed by atoms with Crippen molar-refractivity contribution >= 4 is 18.4 Å². The zero-order chi connectivity index (χ0) is 9.10. The molecule has 0 aromatic rings. The van der Waals surface area contributed by atoms with Crippen LogP contribution in [0, 0.1) is 5.92 Å². The lowest BCUT2D eigenvalue weighted by molar-refractivity contribution is 0.529. The summed E-state index contributed by atoms with van der Waals surface area (Å²) in [5.41, 5.74) is 5.53. The molecule has 0 aromatic heterocycles. The molecule has 68 valence electrons. The molecule has 4 heteroatoms. The number of nitrogens with zero attached hydrogens (tertiary/aromatic N) is 3. The summed E-state index contributed by atoms with van der Waals surface area (Å²) in [4.78, 5) is 12.2. The molecule has 0 saturated carbocycles. The second-order valence-corrected chi connectivity index (χ2v) is 3.17. The Morgan fingerprint density at radius 2 is 2.23 bits per heavy atom. The highest BCUT2D eigenvalue weighted by molar-refractivity contribution is 5.88. The molecule has 0 bridgehead atoms. The Kier molecular flexibility index (Phi) is 2.21. The van der Waals surface area contributed by atoms with Crippen molar-refractivity contribution in [3.05, 3.63) is 12.3 Å². The van der Waals surface area contributed by atoms with Crippen LogP contribution in [0.25, 0.3) is 0 Å². The average molecular weight is 176 g/mol. The van der Waals surface area contributed by atoms with E-state index < -0.39 is 0 Å². The summed E-state index contributed by atoms with van der Waals surface area (Å²) < 4.78 is 0. The van der Waals surface area contributed by atoms with E-state index in [-0.39, 0.29) is 6.04 Å². The van der Waals surface area contributed by atoms with Crippen LogP contribution < -0.4 is 5.73 Å². The van der Waals surface area contributed by atoms with Gasteiger partial charge in [0.15, 0.2) is 0 Å². The lowest BCUT2D eigenvalue weighted by atomic mass is 9.93. The molecule has 0 saturated heterocycles. The zero-order valence-electron chi connectivity index (χ0n) is 7.30. The van der Waals surface area contributed by atoms with Gasteiger partial charge >= 0.3 is 0 Å². The molecule has 2 atom stereocenters. The Morgan fingerprint density at radius 1 is 1.31 bits per heavy atom. The molecule has 2 rings (SSSR count). The fraction of sp³-hybridized carbons (Fsp3) is 0.444. The minimum absolute atomic E-state index is 0.250. The largest absolute Gasteiger partial charge is 0.368 e. The highest BCUT2D eigenvalue weighted by atomic mass is 15.1. The van der Waals surface area contributed by atoms with Gasteiger partial charge in [0, 0.05) is 31.0 Å². The number of aliphatic imine (C=N–C) groups is 3. The molecule has 4 nitrogen and oxygen atoms in total. The zero-order valence-corrected chi connectivity index (χ0v) is 7.30. The van der Waals surface area contributed by atoms with Crippen LogP contribution in [0.4, 0.5) is 0 Å². The van der Waals surface area contributed by atoms with E-state index >= 15 is 0 Å². The molecular formula is C9H12N4. The first-order chi connectivity index (χ1) is 6.36. The molecule has 0 aliphatic carbocycles. The van der Waals surface area contributed by atoms with E-state index in [0.717, 1.165) is 12.8 Å². The fourth-order valence-electron chi connectivity index (χ4n) is 1.55. The summed E-state index contributed by atoms with van der Waals surface area (Å²) in [7, 11) is 0. The maximum Gasteiger partial charge on any atom is 0.215 e. The highest BCUT2D eigenvalue weighted by Crippen LogP contribution is 2.19. The van der Waals surface area contributed by atoms with Crippen molar-refractivity contribution in [1.29, 1.82) is 0 Å². The Bertz CT molecular complexity index is 301. The van der Waals surface area contributed by atoms with E-state index in [9.17, 15) is 0 Å². The van der Waals surface area contributed by atoms with Gasteiger partial charge in [-0.3, -0.25) is 4.99 Å². The van der Waals surface area contributed by atoms with Crippen molar-refractivity contribution in [3.8, 4) is 0 Å². The van der Waals surface area contributed by atoms with Crippen molar-refractivity contribution in [2.24, 2.45) is 26.6 Å². The van der Waals surface area contributed by atoms with Gasteiger partial charge < -0.3 is 5.73 Å². The Morgan fingerprint density at radius 3 is 2.92 bits per heavy atom. The van der Waals surface area contributed by atoms with Crippen LogP contribution in [0.1, 0.15) is 12.8 Å². The van der Waals surface area contributed by atoms with Gasteiger partial charge in [-0.05, 0) is 6.42 Å². The summed E-state index contributed by atoms with van der Waals surface area (Å²) in [6, 6.07) is 0.250. The third-order valence-electron chi connectivity index (χ3n) is 2.27. The van der Waals surface area contributed by atoms with Gasteiger partial charge in [-0.15, -0.1) is 0 Å². The second kappa shape index (κ2) is 3.51. The predicted octanol–water partition coefficient (Wildman–Crippen LogP) is 0.749. The van der Waals surface area contributed by atoms with Crippen molar-refractivity contribution in [3.63, 3.8) is 0 Å². The lowest BCUT2D eigenvalue weighted by Gasteiger charge is -2.21. The molecule has 2 aliphatic heterocycles. The molecule has 2 unspecified atom stereocenters.